The van der Waals surface area contributed by atoms with Crippen molar-refractivity contribution in [1.82, 2.24) is 10.2 Å². The van der Waals surface area contributed by atoms with Crippen LogP contribution in [0, 0.1) is 12.8 Å². The molecule has 0 radical (unpaired) electrons. The van der Waals surface area contributed by atoms with Crippen molar-refractivity contribution in [3.63, 3.8) is 0 Å². The molecule has 0 heterocycles. The van der Waals surface area contributed by atoms with Gasteiger partial charge >= 0.3 is 0 Å². The normalized spacial score (nSPS) is 15.0. The summed E-state index contributed by atoms with van der Waals surface area (Å²) < 4.78 is 5.65. The maximum absolute atomic E-state index is 5.65. The van der Waals surface area contributed by atoms with Crippen LogP contribution in [0.1, 0.15) is 30.9 Å². The number of aliphatic imine (C=N–C) groups is 1. The van der Waals surface area contributed by atoms with Gasteiger partial charge in [0.2, 0.25) is 0 Å². The smallest absolute Gasteiger partial charge is 0.194 e. The van der Waals surface area contributed by atoms with Crippen molar-refractivity contribution < 1.29 is 4.74 Å². The van der Waals surface area contributed by atoms with E-state index < -0.39 is 0 Å². The Morgan fingerprint density at radius 3 is 2.82 bits per heavy atom. The van der Waals surface area contributed by atoms with Crippen molar-refractivity contribution >= 4 is 5.96 Å². The van der Waals surface area contributed by atoms with Gasteiger partial charge < -0.3 is 15.0 Å². The molecule has 1 aliphatic carbocycles. The van der Waals surface area contributed by atoms with Gasteiger partial charge in [-0.25, -0.2) is 0 Å². The fraction of sp³-hybridized carbons (Fsp3) is 0.611. The summed E-state index contributed by atoms with van der Waals surface area (Å²) >= 11 is 0. The lowest BCUT2D eigenvalue weighted by atomic mass is 10.1. The fourth-order valence-corrected chi connectivity index (χ4v) is 2.34. The van der Waals surface area contributed by atoms with E-state index >= 15 is 0 Å². The van der Waals surface area contributed by atoms with E-state index in [1.54, 1.807) is 0 Å². The molecule has 1 aromatic carbocycles. The van der Waals surface area contributed by atoms with Crippen molar-refractivity contribution in [2.75, 3.05) is 33.4 Å². The summed E-state index contributed by atoms with van der Waals surface area (Å²) in [6.07, 6.45) is 2.68. The number of nitrogens with one attached hydrogen (secondary N) is 1. The summed E-state index contributed by atoms with van der Waals surface area (Å²) in [4.78, 5) is 6.84. The largest absolute Gasteiger partial charge is 0.379 e. The van der Waals surface area contributed by atoms with E-state index in [0.717, 1.165) is 31.6 Å². The van der Waals surface area contributed by atoms with Crippen molar-refractivity contribution in [3.8, 4) is 0 Å². The van der Waals surface area contributed by atoms with Crippen LogP contribution in [0.5, 0.6) is 0 Å². The molecule has 4 nitrogen and oxygen atoms in total. The van der Waals surface area contributed by atoms with E-state index in [2.05, 4.69) is 60.4 Å². The molecule has 0 unspecified atom stereocenters. The first-order valence-corrected chi connectivity index (χ1v) is 8.32. The minimum absolute atomic E-state index is 0.712. The van der Waals surface area contributed by atoms with Crippen LogP contribution in [0.3, 0.4) is 0 Å². The SMILES string of the molecule is CCNC(=NCCOCC1CC1)N(C)Cc1ccccc1C. The molecule has 1 aromatic rings. The number of rotatable bonds is 8. The lowest BCUT2D eigenvalue weighted by Crippen LogP contribution is -2.38. The Hall–Kier alpha value is -1.55. The summed E-state index contributed by atoms with van der Waals surface area (Å²) in [5.74, 6) is 1.77. The van der Waals surface area contributed by atoms with Gasteiger partial charge in [-0.3, -0.25) is 4.99 Å². The van der Waals surface area contributed by atoms with Crippen molar-refractivity contribution in [2.45, 2.75) is 33.2 Å². The monoisotopic (exact) mass is 303 g/mol. The Morgan fingerprint density at radius 2 is 2.14 bits per heavy atom. The quantitative estimate of drug-likeness (QED) is 0.456. The Kier molecular flexibility index (Phi) is 6.72. The van der Waals surface area contributed by atoms with Gasteiger partial charge in [0.05, 0.1) is 13.2 Å². The van der Waals surface area contributed by atoms with E-state index in [1.165, 1.54) is 24.0 Å². The maximum Gasteiger partial charge on any atom is 0.194 e. The standard InChI is InChI=1S/C18H29N3O/c1-4-19-18(20-11-12-22-14-16-9-10-16)21(3)13-17-8-6-5-7-15(17)2/h5-8,16H,4,9-14H2,1-3H3,(H,19,20). The number of ether oxygens (including phenoxy) is 1. The van der Waals surface area contributed by atoms with Crippen LogP contribution in [-0.4, -0.2) is 44.2 Å². The molecule has 1 aliphatic rings. The molecule has 4 heteroatoms. The van der Waals surface area contributed by atoms with Crippen molar-refractivity contribution in [3.05, 3.63) is 35.4 Å². The average Bonchev–Trinajstić information content (AvgIpc) is 3.32. The second-order valence-corrected chi connectivity index (χ2v) is 6.04. The van der Waals surface area contributed by atoms with Crippen LogP contribution in [0.15, 0.2) is 29.3 Å². The lowest BCUT2D eigenvalue weighted by Gasteiger charge is -2.23. The molecular formula is C18H29N3O. The molecule has 122 valence electrons. The number of nitrogens with zero attached hydrogens (tertiary/aromatic N) is 2. The minimum atomic E-state index is 0.712. The second kappa shape index (κ2) is 8.79. The van der Waals surface area contributed by atoms with Crippen molar-refractivity contribution in [2.24, 2.45) is 10.9 Å². The third-order valence-electron chi connectivity index (χ3n) is 3.91. The first-order chi connectivity index (χ1) is 10.7. The Labute approximate surface area is 134 Å². The minimum Gasteiger partial charge on any atom is -0.379 e. The van der Waals surface area contributed by atoms with Crippen LogP contribution in [-0.2, 0) is 11.3 Å². The third-order valence-corrected chi connectivity index (χ3v) is 3.91. The highest BCUT2D eigenvalue weighted by atomic mass is 16.5. The van der Waals surface area contributed by atoms with Gasteiger partial charge in [-0.05, 0) is 43.7 Å². The molecule has 0 amide bonds. The van der Waals surface area contributed by atoms with Crippen LogP contribution < -0.4 is 5.32 Å². The molecule has 0 aromatic heterocycles. The number of hydrogen-bond donors (Lipinski definition) is 1. The molecule has 0 saturated heterocycles. The molecule has 0 aliphatic heterocycles. The Balaban J connectivity index is 1.83. The Bertz CT molecular complexity index is 483. The number of benzene rings is 1. The topological polar surface area (TPSA) is 36.9 Å². The number of aryl methyl sites for hydroxylation is 1. The third kappa shape index (κ3) is 5.68. The Morgan fingerprint density at radius 1 is 1.36 bits per heavy atom. The van der Waals surface area contributed by atoms with E-state index in [9.17, 15) is 0 Å². The summed E-state index contributed by atoms with van der Waals surface area (Å²) in [6.45, 7) is 8.32. The maximum atomic E-state index is 5.65. The highest BCUT2D eigenvalue weighted by Crippen LogP contribution is 2.28. The van der Waals surface area contributed by atoms with Gasteiger partial charge in [-0.2, -0.15) is 0 Å². The van der Waals surface area contributed by atoms with E-state index in [4.69, 9.17) is 4.74 Å². The van der Waals surface area contributed by atoms with Gasteiger partial charge in [0.25, 0.3) is 0 Å². The van der Waals surface area contributed by atoms with Gasteiger partial charge in [0.1, 0.15) is 0 Å². The number of hydrogen-bond acceptors (Lipinski definition) is 2. The second-order valence-electron chi connectivity index (χ2n) is 6.04. The fourth-order valence-electron chi connectivity index (χ4n) is 2.34. The van der Waals surface area contributed by atoms with Crippen LogP contribution >= 0.6 is 0 Å². The van der Waals surface area contributed by atoms with Gasteiger partial charge in [0.15, 0.2) is 5.96 Å². The predicted molar refractivity (Wildman–Crippen MR) is 92.2 cm³/mol. The van der Waals surface area contributed by atoms with Gasteiger partial charge in [-0.15, -0.1) is 0 Å². The molecule has 0 bridgehead atoms. The molecule has 0 spiro atoms. The number of guanidine groups is 1. The van der Waals surface area contributed by atoms with Crippen LogP contribution in [0.25, 0.3) is 0 Å². The molecule has 0 atom stereocenters. The van der Waals surface area contributed by atoms with E-state index in [0.29, 0.717) is 13.2 Å². The van der Waals surface area contributed by atoms with Crippen LogP contribution in [0.2, 0.25) is 0 Å². The predicted octanol–water partition coefficient (Wildman–Crippen LogP) is 2.82. The van der Waals surface area contributed by atoms with Crippen molar-refractivity contribution in [1.29, 1.82) is 0 Å². The zero-order valence-electron chi connectivity index (χ0n) is 14.1. The summed E-state index contributed by atoms with van der Waals surface area (Å²) in [6, 6.07) is 8.49. The van der Waals surface area contributed by atoms with Gasteiger partial charge in [0, 0.05) is 26.7 Å². The zero-order valence-corrected chi connectivity index (χ0v) is 14.1. The first kappa shape index (κ1) is 16.8. The molecule has 2 rings (SSSR count). The first-order valence-electron chi connectivity index (χ1n) is 8.32. The summed E-state index contributed by atoms with van der Waals surface area (Å²) in [7, 11) is 2.08. The van der Waals surface area contributed by atoms with Gasteiger partial charge in [-0.1, -0.05) is 24.3 Å². The zero-order chi connectivity index (χ0) is 15.8. The van der Waals surface area contributed by atoms with Crippen LogP contribution in [0.4, 0.5) is 0 Å². The molecular weight excluding hydrogens is 274 g/mol. The molecule has 1 fully saturated rings. The summed E-state index contributed by atoms with van der Waals surface area (Å²) in [5.41, 5.74) is 2.65. The van der Waals surface area contributed by atoms with E-state index in [1.807, 2.05) is 0 Å². The summed E-state index contributed by atoms with van der Waals surface area (Å²) in [5, 5.41) is 3.35. The molecule has 1 saturated carbocycles. The highest BCUT2D eigenvalue weighted by molar-refractivity contribution is 5.79. The van der Waals surface area contributed by atoms with E-state index in [-0.39, 0.29) is 0 Å². The lowest BCUT2D eigenvalue weighted by molar-refractivity contribution is 0.131. The average molecular weight is 303 g/mol. The highest BCUT2D eigenvalue weighted by Gasteiger charge is 2.20. The molecule has 1 N–H and O–H groups in total. The molecule has 22 heavy (non-hydrogen) atoms.